The molecule has 0 aliphatic rings. The third kappa shape index (κ3) is 5.05. The lowest BCUT2D eigenvalue weighted by atomic mass is 10.1. The molecule has 10 nitrogen and oxygen atoms in total. The molecular formula is C23H16N4O6S. The summed E-state index contributed by atoms with van der Waals surface area (Å²) in [6.45, 7) is -0.635. The summed E-state index contributed by atoms with van der Waals surface area (Å²) in [4.78, 5) is 52.5. The van der Waals surface area contributed by atoms with E-state index in [-0.39, 0.29) is 16.8 Å². The quantitative estimate of drug-likeness (QED) is 0.247. The molecule has 0 spiro atoms. The Morgan fingerprint density at radius 3 is 2.47 bits per heavy atom. The molecule has 0 saturated heterocycles. The molecule has 4 rings (SSSR count). The first-order valence-electron chi connectivity index (χ1n) is 9.87. The summed E-state index contributed by atoms with van der Waals surface area (Å²) in [7, 11) is 0. The van der Waals surface area contributed by atoms with Crippen LogP contribution >= 0.6 is 11.3 Å². The maximum Gasteiger partial charge on any atom is 0.339 e. The lowest BCUT2D eigenvalue weighted by Gasteiger charge is -2.10. The number of non-ortho nitro benzene ring substituents is 1. The minimum atomic E-state index is -0.763. The molecule has 0 radical (unpaired) electrons. The van der Waals surface area contributed by atoms with Gasteiger partial charge in [-0.15, -0.1) is 11.3 Å². The molecule has 34 heavy (non-hydrogen) atoms. The summed E-state index contributed by atoms with van der Waals surface area (Å²) in [5, 5.41) is 13.2. The van der Waals surface area contributed by atoms with Gasteiger partial charge in [-0.05, 0) is 35.7 Å². The van der Waals surface area contributed by atoms with Gasteiger partial charge in [-0.2, -0.15) is 0 Å². The highest BCUT2D eigenvalue weighted by molar-refractivity contribution is 7.13. The number of carbonyl (C=O) groups is 3. The number of amides is 2. The summed E-state index contributed by atoms with van der Waals surface area (Å²) in [5.41, 5.74) is 5.72. The summed E-state index contributed by atoms with van der Waals surface area (Å²) in [5.74, 6) is -2.16. The van der Waals surface area contributed by atoms with Crippen LogP contribution in [0.2, 0.25) is 0 Å². The number of nitrogens with zero attached hydrogens (tertiary/aromatic N) is 2. The lowest BCUT2D eigenvalue weighted by molar-refractivity contribution is -0.384. The maximum atomic E-state index is 12.8. The Bertz CT molecular complexity index is 1390. The fourth-order valence-corrected chi connectivity index (χ4v) is 3.76. The van der Waals surface area contributed by atoms with Gasteiger partial charge in [0.05, 0.1) is 26.6 Å². The van der Waals surface area contributed by atoms with Gasteiger partial charge in [0, 0.05) is 23.1 Å². The minimum absolute atomic E-state index is 0.104. The first kappa shape index (κ1) is 22.6. The van der Waals surface area contributed by atoms with E-state index in [1.54, 1.807) is 24.3 Å². The van der Waals surface area contributed by atoms with Crippen molar-refractivity contribution in [2.24, 2.45) is 0 Å². The van der Waals surface area contributed by atoms with Crippen LogP contribution in [0.5, 0.6) is 0 Å². The van der Waals surface area contributed by atoms with Crippen LogP contribution in [0.25, 0.3) is 21.5 Å². The third-order valence-corrected chi connectivity index (χ3v) is 5.59. The van der Waals surface area contributed by atoms with Gasteiger partial charge in [-0.25, -0.2) is 9.78 Å². The number of nitro benzene ring substituents is 1. The molecule has 2 N–H and O–H groups in total. The van der Waals surface area contributed by atoms with Crippen molar-refractivity contribution in [1.29, 1.82) is 0 Å². The Balaban J connectivity index is 1.39. The second-order valence-electron chi connectivity index (χ2n) is 6.93. The van der Waals surface area contributed by atoms with Crippen LogP contribution < -0.4 is 10.9 Å². The molecule has 4 aromatic rings. The SMILES string of the molecule is O=C(COC(=O)c1cc(-c2cccs2)nc2ccccc12)NNC(=O)c1ccc([N+](=O)[O-])cc1. The molecule has 0 aliphatic heterocycles. The maximum absolute atomic E-state index is 12.8. The molecule has 0 atom stereocenters. The Morgan fingerprint density at radius 2 is 1.76 bits per heavy atom. The standard InChI is InChI=1S/C23H16N4O6S/c28-21(25-26-22(29)14-7-9-15(10-8-14)27(31)32)13-33-23(30)17-12-19(20-6-3-11-34-20)24-18-5-2-1-4-16(17)18/h1-12H,13H2,(H,25,28)(H,26,29). The van der Waals surface area contributed by atoms with Crippen LogP contribution in [-0.4, -0.2) is 34.3 Å². The summed E-state index contributed by atoms with van der Waals surface area (Å²) >= 11 is 1.48. The van der Waals surface area contributed by atoms with E-state index < -0.39 is 29.3 Å². The Labute approximate surface area is 196 Å². The molecule has 0 fully saturated rings. The van der Waals surface area contributed by atoms with Crippen LogP contribution in [0, 0.1) is 10.1 Å². The van der Waals surface area contributed by atoms with E-state index in [0.717, 1.165) is 4.88 Å². The van der Waals surface area contributed by atoms with Crippen molar-refractivity contribution < 1.29 is 24.0 Å². The molecule has 0 saturated carbocycles. The van der Waals surface area contributed by atoms with Gasteiger partial charge in [0.2, 0.25) is 0 Å². The number of hydrazine groups is 1. The van der Waals surface area contributed by atoms with Crippen LogP contribution in [0.4, 0.5) is 5.69 Å². The summed E-state index contributed by atoms with van der Waals surface area (Å²) in [6.07, 6.45) is 0. The Hall–Kier alpha value is -4.64. The number of hydrogen-bond acceptors (Lipinski definition) is 8. The Kier molecular flexibility index (Phi) is 6.55. The molecule has 2 heterocycles. The highest BCUT2D eigenvalue weighted by atomic mass is 32.1. The van der Waals surface area contributed by atoms with Gasteiger partial charge < -0.3 is 4.74 Å². The number of hydrogen-bond donors (Lipinski definition) is 2. The van der Waals surface area contributed by atoms with E-state index in [1.807, 2.05) is 23.6 Å². The van der Waals surface area contributed by atoms with E-state index in [4.69, 9.17) is 4.74 Å². The Morgan fingerprint density at radius 1 is 1.00 bits per heavy atom. The first-order chi connectivity index (χ1) is 16.4. The number of fused-ring (bicyclic) bond motifs is 1. The number of esters is 1. The highest BCUT2D eigenvalue weighted by Gasteiger charge is 2.17. The summed E-state index contributed by atoms with van der Waals surface area (Å²) < 4.78 is 5.15. The van der Waals surface area contributed by atoms with Gasteiger partial charge in [0.15, 0.2) is 6.61 Å². The average Bonchev–Trinajstić information content (AvgIpc) is 3.40. The van der Waals surface area contributed by atoms with Crippen molar-refractivity contribution in [1.82, 2.24) is 15.8 Å². The number of nitro groups is 1. The third-order valence-electron chi connectivity index (χ3n) is 4.70. The molecule has 0 unspecified atom stereocenters. The van der Waals surface area contributed by atoms with Crippen LogP contribution in [0.15, 0.2) is 72.1 Å². The topological polar surface area (TPSA) is 141 Å². The second-order valence-corrected chi connectivity index (χ2v) is 7.88. The smallest absolute Gasteiger partial charge is 0.339 e. The average molecular weight is 476 g/mol. The molecule has 2 amide bonds. The zero-order valence-corrected chi connectivity index (χ0v) is 18.2. The first-order valence-corrected chi connectivity index (χ1v) is 10.7. The van der Waals surface area contributed by atoms with Crippen molar-refractivity contribution in [2.45, 2.75) is 0 Å². The van der Waals surface area contributed by atoms with Crippen LogP contribution in [0.1, 0.15) is 20.7 Å². The summed E-state index contributed by atoms with van der Waals surface area (Å²) in [6, 6.07) is 17.3. The van der Waals surface area contributed by atoms with Crippen molar-refractivity contribution in [3.8, 4) is 10.6 Å². The molecule has 0 bridgehead atoms. The lowest BCUT2D eigenvalue weighted by Crippen LogP contribution is -2.43. The fraction of sp³-hybridized carbons (Fsp3) is 0.0435. The number of aromatic nitrogens is 1. The number of nitrogens with one attached hydrogen (secondary N) is 2. The van der Waals surface area contributed by atoms with Gasteiger partial charge in [-0.1, -0.05) is 24.3 Å². The van der Waals surface area contributed by atoms with E-state index in [0.29, 0.717) is 16.6 Å². The number of para-hydroxylation sites is 1. The zero-order chi connectivity index (χ0) is 24.1. The molecule has 11 heteroatoms. The highest BCUT2D eigenvalue weighted by Crippen LogP contribution is 2.28. The van der Waals surface area contributed by atoms with E-state index >= 15 is 0 Å². The van der Waals surface area contributed by atoms with Crippen LogP contribution in [0.3, 0.4) is 0 Å². The van der Waals surface area contributed by atoms with Crippen molar-refractivity contribution in [3.63, 3.8) is 0 Å². The van der Waals surface area contributed by atoms with E-state index in [9.17, 15) is 24.5 Å². The number of pyridine rings is 1. The van der Waals surface area contributed by atoms with Crippen molar-refractivity contribution >= 4 is 45.7 Å². The van der Waals surface area contributed by atoms with E-state index in [2.05, 4.69) is 15.8 Å². The number of rotatable bonds is 6. The predicted octanol–water partition coefficient (Wildman–Crippen LogP) is 3.49. The van der Waals surface area contributed by atoms with Gasteiger partial charge >= 0.3 is 5.97 Å². The predicted molar refractivity (Wildman–Crippen MR) is 124 cm³/mol. The fourth-order valence-electron chi connectivity index (χ4n) is 3.07. The normalized spacial score (nSPS) is 10.5. The van der Waals surface area contributed by atoms with Gasteiger partial charge in [0.1, 0.15) is 0 Å². The monoisotopic (exact) mass is 476 g/mol. The number of ether oxygens (including phenoxy) is 1. The largest absolute Gasteiger partial charge is 0.452 e. The molecule has 0 aliphatic carbocycles. The number of benzene rings is 2. The molecule has 2 aromatic carbocycles. The molecule has 170 valence electrons. The van der Waals surface area contributed by atoms with Crippen molar-refractivity contribution in [2.75, 3.05) is 6.61 Å². The van der Waals surface area contributed by atoms with Crippen molar-refractivity contribution in [3.05, 3.63) is 93.4 Å². The minimum Gasteiger partial charge on any atom is -0.452 e. The number of carbonyl (C=O) groups excluding carboxylic acids is 3. The van der Waals surface area contributed by atoms with Crippen LogP contribution in [-0.2, 0) is 9.53 Å². The molecule has 2 aromatic heterocycles. The van der Waals surface area contributed by atoms with Gasteiger partial charge in [0.25, 0.3) is 17.5 Å². The second kappa shape index (κ2) is 9.88. The zero-order valence-electron chi connectivity index (χ0n) is 17.4. The number of thiophene rings is 1. The molecular weight excluding hydrogens is 460 g/mol. The van der Waals surface area contributed by atoms with Gasteiger partial charge in [-0.3, -0.25) is 30.6 Å². The van der Waals surface area contributed by atoms with E-state index in [1.165, 1.54) is 35.6 Å².